The third kappa shape index (κ3) is 5.32. The van der Waals surface area contributed by atoms with Crippen LogP contribution in [0.2, 0.25) is 0 Å². The molecule has 6 nitrogen and oxygen atoms in total. The zero-order chi connectivity index (χ0) is 17.5. The number of carbonyl (C=O) groups excluding carboxylic acids is 2. The van der Waals surface area contributed by atoms with Gasteiger partial charge in [0, 0.05) is 18.3 Å². The molecule has 132 valence electrons. The van der Waals surface area contributed by atoms with Gasteiger partial charge in [0.15, 0.2) is 0 Å². The fourth-order valence-corrected chi connectivity index (χ4v) is 2.76. The highest BCUT2D eigenvalue weighted by Crippen LogP contribution is 2.15. The first-order valence-corrected chi connectivity index (χ1v) is 8.49. The maximum Gasteiger partial charge on any atom is 0.243 e. The molecule has 1 heterocycles. The number of aryl methyl sites for hydroxylation is 1. The first-order valence-electron chi connectivity index (χ1n) is 8.49. The molecule has 6 heteroatoms. The standard InChI is InChI=1S/C18H27N3O3/c1-4-15-7-5-6-8-16(15)20-17(22)9-19-18(23)11-21-10-14(3)24-12-13(21)2/h5-8,13-14H,4,9-12H2,1-3H3,(H,19,23)(H,20,22)/t13-,14+/m1/s1. The molecule has 1 aromatic rings. The lowest BCUT2D eigenvalue weighted by Crippen LogP contribution is -2.51. The van der Waals surface area contributed by atoms with Crippen molar-refractivity contribution in [1.29, 1.82) is 0 Å². The highest BCUT2D eigenvalue weighted by molar-refractivity contribution is 5.95. The number of para-hydroxylation sites is 1. The molecule has 2 atom stereocenters. The largest absolute Gasteiger partial charge is 0.376 e. The lowest BCUT2D eigenvalue weighted by atomic mass is 10.1. The van der Waals surface area contributed by atoms with Gasteiger partial charge in [-0.15, -0.1) is 0 Å². The van der Waals surface area contributed by atoms with Crippen molar-refractivity contribution < 1.29 is 14.3 Å². The van der Waals surface area contributed by atoms with Crippen LogP contribution in [0, 0.1) is 0 Å². The van der Waals surface area contributed by atoms with Gasteiger partial charge in [-0.25, -0.2) is 0 Å². The predicted octanol–water partition coefficient (Wildman–Crippen LogP) is 1.41. The van der Waals surface area contributed by atoms with Gasteiger partial charge in [0.2, 0.25) is 11.8 Å². The maximum absolute atomic E-state index is 12.1. The second-order valence-corrected chi connectivity index (χ2v) is 6.26. The van der Waals surface area contributed by atoms with E-state index in [1.807, 2.05) is 45.0 Å². The van der Waals surface area contributed by atoms with Gasteiger partial charge >= 0.3 is 0 Å². The zero-order valence-corrected chi connectivity index (χ0v) is 14.7. The SMILES string of the molecule is CCc1ccccc1NC(=O)CNC(=O)CN1C[C@H](C)OC[C@H]1C. The first kappa shape index (κ1) is 18.4. The summed E-state index contributed by atoms with van der Waals surface area (Å²) >= 11 is 0. The molecule has 0 radical (unpaired) electrons. The van der Waals surface area contributed by atoms with Gasteiger partial charge < -0.3 is 15.4 Å². The maximum atomic E-state index is 12.1. The fraction of sp³-hybridized carbons (Fsp3) is 0.556. The number of nitrogens with one attached hydrogen (secondary N) is 2. The number of ether oxygens (including phenoxy) is 1. The van der Waals surface area contributed by atoms with E-state index in [9.17, 15) is 9.59 Å². The lowest BCUT2D eigenvalue weighted by molar-refractivity contribution is -0.128. The summed E-state index contributed by atoms with van der Waals surface area (Å²) < 4.78 is 5.55. The first-order chi connectivity index (χ1) is 11.5. The van der Waals surface area contributed by atoms with Crippen molar-refractivity contribution in [3.63, 3.8) is 0 Å². The number of hydrogen-bond acceptors (Lipinski definition) is 4. The second-order valence-electron chi connectivity index (χ2n) is 6.26. The van der Waals surface area contributed by atoms with Gasteiger partial charge in [-0.1, -0.05) is 25.1 Å². The van der Waals surface area contributed by atoms with Gasteiger partial charge in [0.1, 0.15) is 0 Å². The van der Waals surface area contributed by atoms with Crippen LogP contribution in [0.5, 0.6) is 0 Å². The van der Waals surface area contributed by atoms with Crippen molar-refractivity contribution in [2.45, 2.75) is 39.3 Å². The third-order valence-electron chi connectivity index (χ3n) is 4.20. The van der Waals surface area contributed by atoms with Crippen LogP contribution in [-0.2, 0) is 20.7 Å². The average Bonchev–Trinajstić information content (AvgIpc) is 2.57. The van der Waals surface area contributed by atoms with Gasteiger partial charge in [0.05, 0.1) is 25.8 Å². The normalized spacial score (nSPS) is 21.3. The molecule has 0 aromatic heterocycles. The van der Waals surface area contributed by atoms with E-state index in [-0.39, 0.29) is 37.0 Å². The molecule has 1 saturated heterocycles. The minimum Gasteiger partial charge on any atom is -0.376 e. The molecule has 2 rings (SSSR count). The van der Waals surface area contributed by atoms with Crippen molar-refractivity contribution in [1.82, 2.24) is 10.2 Å². The Bertz CT molecular complexity index is 576. The van der Waals surface area contributed by atoms with Gasteiger partial charge in [-0.05, 0) is 31.9 Å². The number of benzene rings is 1. The summed E-state index contributed by atoms with van der Waals surface area (Å²) in [4.78, 5) is 26.2. The number of amides is 2. The Morgan fingerprint density at radius 2 is 2.00 bits per heavy atom. The lowest BCUT2D eigenvalue weighted by Gasteiger charge is -2.36. The molecule has 2 N–H and O–H groups in total. The summed E-state index contributed by atoms with van der Waals surface area (Å²) in [5.74, 6) is -0.359. The molecule has 1 fully saturated rings. The van der Waals surface area contributed by atoms with Crippen molar-refractivity contribution in [2.75, 3.05) is 31.6 Å². The molecule has 1 aromatic carbocycles. The van der Waals surface area contributed by atoms with E-state index in [1.165, 1.54) is 0 Å². The smallest absolute Gasteiger partial charge is 0.243 e. The number of rotatable bonds is 6. The minimum atomic E-state index is -0.215. The molecule has 0 bridgehead atoms. The number of morpholine rings is 1. The average molecular weight is 333 g/mol. The molecule has 1 aliphatic rings. The van der Waals surface area contributed by atoms with E-state index in [0.717, 1.165) is 24.2 Å². The summed E-state index contributed by atoms with van der Waals surface area (Å²) in [5, 5.41) is 5.54. The summed E-state index contributed by atoms with van der Waals surface area (Å²) in [6, 6.07) is 7.89. The number of hydrogen-bond donors (Lipinski definition) is 2. The molecule has 0 aliphatic carbocycles. The van der Waals surface area contributed by atoms with E-state index in [0.29, 0.717) is 6.61 Å². The highest BCUT2D eigenvalue weighted by atomic mass is 16.5. The quantitative estimate of drug-likeness (QED) is 0.826. The molecule has 0 saturated carbocycles. The van der Waals surface area contributed by atoms with Crippen LogP contribution in [0.4, 0.5) is 5.69 Å². The van der Waals surface area contributed by atoms with Crippen molar-refractivity contribution in [3.8, 4) is 0 Å². The monoisotopic (exact) mass is 333 g/mol. The Morgan fingerprint density at radius 1 is 1.25 bits per heavy atom. The molecule has 2 amide bonds. The van der Waals surface area contributed by atoms with E-state index >= 15 is 0 Å². The van der Waals surface area contributed by atoms with Crippen molar-refractivity contribution in [3.05, 3.63) is 29.8 Å². The van der Waals surface area contributed by atoms with Crippen molar-refractivity contribution in [2.24, 2.45) is 0 Å². The Labute approximate surface area is 143 Å². The summed E-state index contributed by atoms with van der Waals surface area (Å²) in [6.45, 7) is 7.69. The Balaban J connectivity index is 1.78. The second kappa shape index (κ2) is 8.80. The Kier molecular flexibility index (Phi) is 6.75. The van der Waals surface area contributed by atoms with E-state index in [2.05, 4.69) is 15.5 Å². The van der Waals surface area contributed by atoms with Crippen LogP contribution in [0.15, 0.2) is 24.3 Å². The van der Waals surface area contributed by atoms with Crippen LogP contribution in [0.1, 0.15) is 26.3 Å². The van der Waals surface area contributed by atoms with E-state index in [1.54, 1.807) is 0 Å². The summed E-state index contributed by atoms with van der Waals surface area (Å²) in [6.07, 6.45) is 0.971. The van der Waals surface area contributed by atoms with E-state index < -0.39 is 0 Å². The molecule has 24 heavy (non-hydrogen) atoms. The van der Waals surface area contributed by atoms with Crippen LogP contribution >= 0.6 is 0 Å². The number of nitrogens with zero attached hydrogens (tertiary/aromatic N) is 1. The van der Waals surface area contributed by atoms with Crippen molar-refractivity contribution >= 4 is 17.5 Å². The minimum absolute atomic E-state index is 0.0227. The molecular formula is C18H27N3O3. The summed E-state index contributed by atoms with van der Waals surface area (Å²) in [7, 11) is 0. The van der Waals surface area contributed by atoms with Crippen LogP contribution in [-0.4, -0.2) is 55.1 Å². The van der Waals surface area contributed by atoms with Gasteiger partial charge in [-0.2, -0.15) is 0 Å². The Hall–Kier alpha value is -1.92. The van der Waals surface area contributed by atoms with Crippen LogP contribution in [0.25, 0.3) is 0 Å². The third-order valence-corrected chi connectivity index (χ3v) is 4.20. The predicted molar refractivity (Wildman–Crippen MR) is 93.9 cm³/mol. The van der Waals surface area contributed by atoms with Crippen LogP contribution < -0.4 is 10.6 Å². The Morgan fingerprint density at radius 3 is 2.75 bits per heavy atom. The number of carbonyl (C=O) groups is 2. The van der Waals surface area contributed by atoms with Crippen LogP contribution in [0.3, 0.4) is 0 Å². The fourth-order valence-electron chi connectivity index (χ4n) is 2.76. The summed E-state index contributed by atoms with van der Waals surface area (Å²) in [5.41, 5.74) is 1.88. The highest BCUT2D eigenvalue weighted by Gasteiger charge is 2.25. The van der Waals surface area contributed by atoms with Gasteiger partial charge in [-0.3, -0.25) is 14.5 Å². The molecule has 1 aliphatic heterocycles. The molecule has 0 spiro atoms. The zero-order valence-electron chi connectivity index (χ0n) is 14.7. The molecule has 0 unspecified atom stereocenters. The topological polar surface area (TPSA) is 70.7 Å². The van der Waals surface area contributed by atoms with E-state index in [4.69, 9.17) is 4.74 Å². The van der Waals surface area contributed by atoms with Gasteiger partial charge in [0.25, 0.3) is 0 Å². The molecular weight excluding hydrogens is 306 g/mol. The number of anilines is 1.